The van der Waals surface area contributed by atoms with Crippen molar-refractivity contribution in [1.82, 2.24) is 4.90 Å². The van der Waals surface area contributed by atoms with Crippen LogP contribution in [0.5, 0.6) is 0 Å². The molecular weight excluding hydrogens is 357 g/mol. The van der Waals surface area contributed by atoms with Gasteiger partial charge in [-0.05, 0) is 35.7 Å². The monoisotopic (exact) mass is 374 g/mol. The fraction of sp³-hybridized carbons (Fsp3) is 0.300. The number of imide groups is 1. The van der Waals surface area contributed by atoms with Crippen LogP contribution in [-0.2, 0) is 28.7 Å². The highest BCUT2D eigenvalue weighted by atomic mass is 19.4. The van der Waals surface area contributed by atoms with E-state index in [0.29, 0.717) is 13.1 Å². The fourth-order valence-corrected chi connectivity index (χ4v) is 3.78. The lowest BCUT2D eigenvalue weighted by Gasteiger charge is -2.32. The second-order valence-corrected chi connectivity index (χ2v) is 6.82. The first kappa shape index (κ1) is 17.7. The Bertz CT molecular complexity index is 910. The van der Waals surface area contributed by atoms with Gasteiger partial charge in [-0.3, -0.25) is 14.5 Å². The number of anilines is 1. The topological polar surface area (TPSA) is 40.6 Å². The van der Waals surface area contributed by atoms with Crippen molar-refractivity contribution in [2.75, 3.05) is 11.4 Å². The molecule has 4 nitrogen and oxygen atoms in total. The molecule has 2 heterocycles. The Morgan fingerprint density at radius 2 is 1.70 bits per heavy atom. The first-order valence-corrected chi connectivity index (χ1v) is 8.69. The summed E-state index contributed by atoms with van der Waals surface area (Å²) in [6.07, 6.45) is -3.77. The maximum absolute atomic E-state index is 13.0. The van der Waals surface area contributed by atoms with E-state index >= 15 is 0 Å². The van der Waals surface area contributed by atoms with Gasteiger partial charge in [-0.2, -0.15) is 13.2 Å². The van der Waals surface area contributed by atoms with E-state index in [-0.39, 0.29) is 12.1 Å². The molecule has 0 bridgehead atoms. The normalized spacial score (nSPS) is 20.9. The number of carbonyl (C=O) groups excluding carboxylic acids is 2. The molecule has 2 aromatic rings. The minimum Gasteiger partial charge on any atom is -0.287 e. The lowest BCUT2D eigenvalue weighted by atomic mass is 9.98. The van der Waals surface area contributed by atoms with E-state index in [0.717, 1.165) is 29.0 Å². The Labute approximate surface area is 154 Å². The van der Waals surface area contributed by atoms with Gasteiger partial charge in [0.1, 0.15) is 0 Å². The van der Waals surface area contributed by atoms with Gasteiger partial charge in [0.25, 0.3) is 5.91 Å². The zero-order chi connectivity index (χ0) is 19.2. The van der Waals surface area contributed by atoms with Crippen LogP contribution in [0.25, 0.3) is 0 Å². The average molecular weight is 374 g/mol. The predicted molar refractivity (Wildman–Crippen MR) is 92.9 cm³/mol. The highest BCUT2D eigenvalue weighted by Gasteiger charge is 2.44. The number of amides is 2. The predicted octanol–water partition coefficient (Wildman–Crippen LogP) is 3.40. The highest BCUT2D eigenvalue weighted by Crippen LogP contribution is 2.34. The number of benzene rings is 2. The first-order chi connectivity index (χ1) is 12.8. The zero-order valence-electron chi connectivity index (χ0n) is 14.4. The van der Waals surface area contributed by atoms with E-state index < -0.39 is 29.6 Å². The molecule has 1 fully saturated rings. The SMILES string of the molecule is O=C1CC(N2CCc3ccccc3C2)C(=O)N1c1cccc(C(F)(F)F)c1. The van der Waals surface area contributed by atoms with Crippen LogP contribution in [-0.4, -0.2) is 29.3 Å². The summed E-state index contributed by atoms with van der Waals surface area (Å²) in [6, 6.07) is 11.6. The van der Waals surface area contributed by atoms with Crippen LogP contribution >= 0.6 is 0 Å². The maximum Gasteiger partial charge on any atom is 0.416 e. The van der Waals surface area contributed by atoms with E-state index in [1.807, 2.05) is 29.2 Å². The van der Waals surface area contributed by atoms with E-state index in [2.05, 4.69) is 0 Å². The smallest absolute Gasteiger partial charge is 0.287 e. The Hall–Kier alpha value is -2.67. The van der Waals surface area contributed by atoms with Crippen molar-refractivity contribution in [2.24, 2.45) is 0 Å². The summed E-state index contributed by atoms with van der Waals surface area (Å²) in [6.45, 7) is 1.19. The number of halogens is 3. The van der Waals surface area contributed by atoms with Crippen LogP contribution < -0.4 is 4.90 Å². The minimum absolute atomic E-state index is 0.0166. The van der Waals surface area contributed by atoms with Gasteiger partial charge in [0.05, 0.1) is 23.7 Å². The van der Waals surface area contributed by atoms with Crippen LogP contribution in [0.1, 0.15) is 23.1 Å². The minimum atomic E-state index is -4.53. The molecule has 0 spiro atoms. The third-order valence-electron chi connectivity index (χ3n) is 5.16. The second-order valence-electron chi connectivity index (χ2n) is 6.82. The number of rotatable bonds is 2. The van der Waals surface area contributed by atoms with Crippen molar-refractivity contribution in [3.63, 3.8) is 0 Å². The lowest BCUT2D eigenvalue weighted by Crippen LogP contribution is -2.44. The van der Waals surface area contributed by atoms with Crippen LogP contribution in [0, 0.1) is 0 Å². The fourth-order valence-electron chi connectivity index (χ4n) is 3.78. The van der Waals surface area contributed by atoms with E-state index in [9.17, 15) is 22.8 Å². The van der Waals surface area contributed by atoms with Gasteiger partial charge in [-0.25, -0.2) is 4.90 Å². The first-order valence-electron chi connectivity index (χ1n) is 8.69. The molecule has 2 aliphatic rings. The third kappa shape index (κ3) is 3.23. The average Bonchev–Trinajstić information content (AvgIpc) is 2.95. The van der Waals surface area contributed by atoms with E-state index in [4.69, 9.17) is 0 Å². The number of nitrogens with zero attached hydrogens (tertiary/aromatic N) is 2. The largest absolute Gasteiger partial charge is 0.416 e. The van der Waals surface area contributed by atoms with Gasteiger partial charge >= 0.3 is 6.18 Å². The molecular formula is C20H17F3N2O2. The van der Waals surface area contributed by atoms with Crippen molar-refractivity contribution in [3.05, 3.63) is 65.2 Å². The number of alkyl halides is 3. The summed E-state index contributed by atoms with van der Waals surface area (Å²) in [5.41, 5.74) is 1.43. The molecule has 1 atom stereocenters. The summed E-state index contributed by atoms with van der Waals surface area (Å²) in [7, 11) is 0. The van der Waals surface area contributed by atoms with Crippen LogP contribution in [0.2, 0.25) is 0 Å². The second kappa shape index (κ2) is 6.49. The molecule has 140 valence electrons. The number of fused-ring (bicyclic) bond motifs is 1. The van der Waals surface area contributed by atoms with E-state index in [1.165, 1.54) is 17.7 Å². The number of carbonyl (C=O) groups is 2. The highest BCUT2D eigenvalue weighted by molar-refractivity contribution is 6.22. The molecule has 0 aromatic heterocycles. The molecule has 2 aliphatic heterocycles. The Balaban J connectivity index is 1.58. The van der Waals surface area contributed by atoms with E-state index in [1.54, 1.807) is 0 Å². The van der Waals surface area contributed by atoms with Gasteiger partial charge in [0.15, 0.2) is 0 Å². The van der Waals surface area contributed by atoms with Gasteiger partial charge in [-0.15, -0.1) is 0 Å². The molecule has 0 N–H and O–H groups in total. The summed E-state index contributed by atoms with van der Waals surface area (Å²) in [4.78, 5) is 28.1. The Kier molecular flexibility index (Phi) is 4.26. The van der Waals surface area contributed by atoms with Gasteiger partial charge in [0.2, 0.25) is 5.91 Å². The van der Waals surface area contributed by atoms with Crippen molar-refractivity contribution in [1.29, 1.82) is 0 Å². The van der Waals surface area contributed by atoms with Crippen molar-refractivity contribution in [2.45, 2.75) is 31.6 Å². The Morgan fingerprint density at radius 1 is 0.963 bits per heavy atom. The molecule has 27 heavy (non-hydrogen) atoms. The molecule has 0 aliphatic carbocycles. The van der Waals surface area contributed by atoms with Crippen molar-refractivity contribution < 1.29 is 22.8 Å². The van der Waals surface area contributed by atoms with Crippen LogP contribution in [0.15, 0.2) is 48.5 Å². The van der Waals surface area contributed by atoms with Gasteiger partial charge < -0.3 is 0 Å². The molecule has 0 saturated carbocycles. The number of hydrogen-bond donors (Lipinski definition) is 0. The Morgan fingerprint density at radius 3 is 2.44 bits per heavy atom. The van der Waals surface area contributed by atoms with Crippen molar-refractivity contribution >= 4 is 17.5 Å². The number of hydrogen-bond acceptors (Lipinski definition) is 3. The summed E-state index contributed by atoms with van der Waals surface area (Å²) in [5.74, 6) is -0.929. The lowest BCUT2D eigenvalue weighted by molar-refractivity contribution is -0.137. The molecule has 4 rings (SSSR count). The van der Waals surface area contributed by atoms with Gasteiger partial charge in [0, 0.05) is 13.1 Å². The molecule has 0 radical (unpaired) electrons. The summed E-state index contributed by atoms with van der Waals surface area (Å²) < 4.78 is 38.9. The van der Waals surface area contributed by atoms with Crippen LogP contribution in [0.4, 0.5) is 18.9 Å². The molecule has 1 unspecified atom stereocenters. The molecule has 7 heteroatoms. The zero-order valence-corrected chi connectivity index (χ0v) is 14.4. The summed E-state index contributed by atoms with van der Waals surface area (Å²) >= 11 is 0. The van der Waals surface area contributed by atoms with Gasteiger partial charge in [-0.1, -0.05) is 30.3 Å². The molecule has 1 saturated heterocycles. The maximum atomic E-state index is 13.0. The third-order valence-corrected chi connectivity index (χ3v) is 5.16. The standard InChI is InChI=1S/C20H17F3N2O2/c21-20(22,23)15-6-3-7-16(10-15)25-18(26)11-17(19(25)27)24-9-8-13-4-1-2-5-14(13)12-24/h1-7,10,17H,8-9,11-12H2. The quantitative estimate of drug-likeness (QED) is 0.757. The van der Waals surface area contributed by atoms with Crippen LogP contribution in [0.3, 0.4) is 0 Å². The summed E-state index contributed by atoms with van der Waals surface area (Å²) in [5, 5.41) is 0. The molecule has 2 aromatic carbocycles. The molecule has 2 amide bonds. The van der Waals surface area contributed by atoms with Crippen molar-refractivity contribution in [3.8, 4) is 0 Å².